The van der Waals surface area contributed by atoms with Crippen LogP contribution in [0.4, 0.5) is 32.0 Å². The molecule has 2 fully saturated rings. The molecule has 0 bridgehead atoms. The largest absolute Gasteiger partial charge is 0.416 e. The Hall–Kier alpha value is -3.55. The van der Waals surface area contributed by atoms with Crippen molar-refractivity contribution < 1.29 is 36.1 Å². The molecule has 0 aliphatic carbocycles. The van der Waals surface area contributed by atoms with E-state index < -0.39 is 35.0 Å². The van der Waals surface area contributed by atoms with E-state index in [-0.39, 0.29) is 30.6 Å². The number of nitro groups is 1. The molecule has 40 heavy (non-hydrogen) atoms. The van der Waals surface area contributed by atoms with Crippen LogP contribution in [-0.2, 0) is 11.0 Å². The summed E-state index contributed by atoms with van der Waals surface area (Å²) in [6.07, 6.45) is -5.16. The first-order valence-electron chi connectivity index (χ1n) is 12.7. The second-order valence-electron chi connectivity index (χ2n) is 9.63. The third-order valence-corrected chi connectivity index (χ3v) is 6.73. The molecule has 2 saturated heterocycles. The molecule has 14 heteroatoms. The molecule has 2 heterocycles. The van der Waals surface area contributed by atoms with Crippen molar-refractivity contribution in [2.75, 3.05) is 57.3 Å². The second kappa shape index (κ2) is 13.2. The van der Waals surface area contributed by atoms with Gasteiger partial charge >= 0.3 is 12.4 Å². The standard InChI is InChI=1S/C26H31F6N5O3/c1-19(25(27,28)29)17-21(3-2-10-37(39)40)33-22-8-12-36(18-22)24(38)9-11-34-13-15-35(16-14-34)23-6-4-20(5-7-23)26(30,31)32/h2-7,17,22,33H,1,8-16,18H2/b3-2-,21-17+/t22-/m1/s1. The minimum Gasteiger partial charge on any atom is -0.380 e. The average molecular weight is 576 g/mol. The molecule has 1 N–H and O–H groups in total. The molecule has 0 aromatic heterocycles. The van der Waals surface area contributed by atoms with Crippen molar-refractivity contribution >= 4 is 11.6 Å². The number of benzene rings is 1. The Kier molecular flexibility index (Phi) is 10.2. The molecule has 1 aromatic carbocycles. The van der Waals surface area contributed by atoms with Crippen LogP contribution in [0.5, 0.6) is 0 Å². The number of nitrogens with one attached hydrogen (secondary N) is 1. The van der Waals surface area contributed by atoms with Gasteiger partial charge in [0, 0.05) is 74.6 Å². The maximum absolute atomic E-state index is 12.9. The summed E-state index contributed by atoms with van der Waals surface area (Å²) < 4.78 is 77.2. The van der Waals surface area contributed by atoms with Gasteiger partial charge in [0.1, 0.15) is 0 Å². The number of allylic oxidation sites excluding steroid dienone is 3. The Morgan fingerprint density at radius 2 is 1.73 bits per heavy atom. The van der Waals surface area contributed by atoms with Crippen LogP contribution >= 0.6 is 0 Å². The Bertz CT molecular complexity index is 1110. The number of amides is 1. The fourth-order valence-corrected chi connectivity index (χ4v) is 4.52. The van der Waals surface area contributed by atoms with Crippen molar-refractivity contribution in [3.63, 3.8) is 0 Å². The first-order valence-corrected chi connectivity index (χ1v) is 12.7. The molecular weight excluding hydrogens is 544 g/mol. The van der Waals surface area contributed by atoms with E-state index in [0.29, 0.717) is 51.4 Å². The maximum Gasteiger partial charge on any atom is 0.416 e. The molecule has 0 spiro atoms. The van der Waals surface area contributed by atoms with Crippen LogP contribution in [0.2, 0.25) is 0 Å². The van der Waals surface area contributed by atoms with Crippen molar-refractivity contribution in [1.82, 2.24) is 15.1 Å². The molecule has 8 nitrogen and oxygen atoms in total. The lowest BCUT2D eigenvalue weighted by molar-refractivity contribution is -0.468. The van der Waals surface area contributed by atoms with Crippen molar-refractivity contribution in [2.24, 2.45) is 0 Å². The number of rotatable bonds is 10. The highest BCUT2D eigenvalue weighted by Gasteiger charge is 2.32. The number of piperazine rings is 1. The topological polar surface area (TPSA) is 82.0 Å². The highest BCUT2D eigenvalue weighted by atomic mass is 19.4. The van der Waals surface area contributed by atoms with Crippen LogP contribution < -0.4 is 10.2 Å². The molecule has 1 atom stereocenters. The summed E-state index contributed by atoms with van der Waals surface area (Å²) in [5, 5.41) is 13.5. The molecule has 1 amide bonds. The summed E-state index contributed by atoms with van der Waals surface area (Å²) in [7, 11) is 0. The first-order chi connectivity index (χ1) is 18.7. The number of likely N-dealkylation sites (tertiary alicyclic amines) is 1. The summed E-state index contributed by atoms with van der Waals surface area (Å²) in [5.74, 6) is -0.0939. The predicted molar refractivity (Wildman–Crippen MR) is 137 cm³/mol. The summed E-state index contributed by atoms with van der Waals surface area (Å²) >= 11 is 0. The van der Waals surface area contributed by atoms with Crippen molar-refractivity contribution in [1.29, 1.82) is 0 Å². The van der Waals surface area contributed by atoms with Gasteiger partial charge in [-0.25, -0.2) is 0 Å². The monoisotopic (exact) mass is 575 g/mol. The summed E-state index contributed by atoms with van der Waals surface area (Å²) in [6, 6.07) is 4.71. The number of halogens is 6. The number of hydrogen-bond acceptors (Lipinski definition) is 6. The fourth-order valence-electron chi connectivity index (χ4n) is 4.52. The zero-order valence-corrected chi connectivity index (χ0v) is 21.7. The van der Waals surface area contributed by atoms with E-state index in [9.17, 15) is 41.3 Å². The third-order valence-electron chi connectivity index (χ3n) is 6.73. The Morgan fingerprint density at radius 3 is 2.30 bits per heavy atom. The Morgan fingerprint density at radius 1 is 1.07 bits per heavy atom. The number of nitrogens with zero attached hydrogens (tertiary/aromatic N) is 4. The van der Waals surface area contributed by atoms with Gasteiger partial charge in [-0.3, -0.25) is 19.8 Å². The van der Waals surface area contributed by atoms with E-state index in [0.717, 1.165) is 24.3 Å². The number of carbonyl (C=O) groups is 1. The molecule has 0 unspecified atom stereocenters. The van der Waals surface area contributed by atoms with Gasteiger partial charge < -0.3 is 15.1 Å². The van der Waals surface area contributed by atoms with Gasteiger partial charge in [0.15, 0.2) is 0 Å². The molecule has 0 saturated carbocycles. The smallest absolute Gasteiger partial charge is 0.380 e. The lowest BCUT2D eigenvalue weighted by atomic mass is 10.1. The van der Waals surface area contributed by atoms with Crippen LogP contribution in [0, 0.1) is 10.1 Å². The molecule has 3 rings (SSSR count). The Balaban J connectivity index is 1.45. The average Bonchev–Trinajstić information content (AvgIpc) is 3.35. The van der Waals surface area contributed by atoms with E-state index in [1.54, 1.807) is 4.90 Å². The van der Waals surface area contributed by atoms with E-state index in [4.69, 9.17) is 0 Å². The van der Waals surface area contributed by atoms with Crippen molar-refractivity contribution in [2.45, 2.75) is 31.2 Å². The van der Waals surface area contributed by atoms with Crippen molar-refractivity contribution in [3.05, 3.63) is 76.0 Å². The highest BCUT2D eigenvalue weighted by molar-refractivity contribution is 5.76. The van der Waals surface area contributed by atoms with Crippen molar-refractivity contribution in [3.8, 4) is 0 Å². The molecular formula is C26H31F6N5O3. The highest BCUT2D eigenvalue weighted by Crippen LogP contribution is 2.31. The number of carbonyl (C=O) groups excluding carboxylic acids is 1. The molecule has 2 aliphatic rings. The normalized spacial score (nSPS) is 19.4. The molecule has 220 valence electrons. The van der Waals surface area contributed by atoms with Gasteiger partial charge in [-0.2, -0.15) is 26.3 Å². The van der Waals surface area contributed by atoms with E-state index in [2.05, 4.69) is 16.8 Å². The van der Waals surface area contributed by atoms with Crippen LogP contribution in [0.3, 0.4) is 0 Å². The number of alkyl halides is 6. The van der Waals surface area contributed by atoms with Gasteiger partial charge in [-0.15, -0.1) is 0 Å². The summed E-state index contributed by atoms with van der Waals surface area (Å²) in [4.78, 5) is 28.4. The SMILES string of the molecule is C=C(/C=C(\C=C/C[N+](=O)[O-])N[C@@H]1CCN(C(=O)CCN2CCN(c3ccc(C(F)(F)F)cc3)CC2)C1)C(F)(F)F. The van der Waals surface area contributed by atoms with E-state index in [1.165, 1.54) is 18.2 Å². The zero-order chi connectivity index (χ0) is 29.5. The lowest BCUT2D eigenvalue weighted by Gasteiger charge is -2.36. The van der Waals surface area contributed by atoms with Crippen LogP contribution in [0.15, 0.2) is 60.3 Å². The van der Waals surface area contributed by atoms with Gasteiger partial charge in [0.25, 0.3) is 0 Å². The van der Waals surface area contributed by atoms with Crippen LogP contribution in [-0.4, -0.2) is 85.2 Å². The lowest BCUT2D eigenvalue weighted by Crippen LogP contribution is -2.47. The third kappa shape index (κ3) is 9.28. The van der Waals surface area contributed by atoms with Crippen LogP contribution in [0.1, 0.15) is 18.4 Å². The van der Waals surface area contributed by atoms with Gasteiger partial charge in [0.05, 0.1) is 11.1 Å². The first kappa shape index (κ1) is 31.0. The molecule has 0 radical (unpaired) electrons. The van der Waals surface area contributed by atoms with Gasteiger partial charge in [-0.1, -0.05) is 6.58 Å². The molecule has 2 aliphatic heterocycles. The fraction of sp³-hybridized carbons (Fsp3) is 0.500. The predicted octanol–water partition coefficient (Wildman–Crippen LogP) is 4.24. The summed E-state index contributed by atoms with van der Waals surface area (Å²) in [5.41, 5.74) is -1.07. The maximum atomic E-state index is 12.9. The Labute approximate surface area is 227 Å². The molecule has 1 aromatic rings. The second-order valence-corrected chi connectivity index (χ2v) is 9.63. The minimum atomic E-state index is -4.65. The quantitative estimate of drug-likeness (QED) is 0.195. The van der Waals surface area contributed by atoms with E-state index in [1.807, 2.05) is 4.90 Å². The van der Waals surface area contributed by atoms with E-state index >= 15 is 0 Å². The van der Waals surface area contributed by atoms with Gasteiger partial charge in [-0.05, 0) is 48.9 Å². The summed E-state index contributed by atoms with van der Waals surface area (Å²) in [6.45, 7) is 6.17. The zero-order valence-electron chi connectivity index (χ0n) is 21.7. The van der Waals surface area contributed by atoms with Gasteiger partial charge in [0.2, 0.25) is 12.5 Å². The number of hydrogen-bond donors (Lipinski definition) is 1. The van der Waals surface area contributed by atoms with Crippen LogP contribution in [0.25, 0.3) is 0 Å². The minimum absolute atomic E-state index is 0.0226. The number of anilines is 1.